The van der Waals surface area contributed by atoms with E-state index in [4.69, 9.17) is 10.2 Å². The molecule has 2 N–H and O–H groups in total. The monoisotopic (exact) mass is 157 g/mol. The highest BCUT2D eigenvalue weighted by molar-refractivity contribution is 5.82. The van der Waals surface area contributed by atoms with Crippen molar-refractivity contribution in [2.24, 2.45) is 0 Å². The average Bonchev–Trinajstić information content (AvgIpc) is 2.37. The number of nitrogens with zero attached hydrogens (tertiary/aromatic N) is 3. The number of carbonyl (C=O) groups is 1. The first-order chi connectivity index (χ1) is 5.24. The van der Waals surface area contributed by atoms with Crippen molar-refractivity contribution >= 4 is 5.97 Å². The molecule has 0 amide bonds. The molecule has 1 aromatic heterocycles. The summed E-state index contributed by atoms with van der Waals surface area (Å²) in [6, 6.07) is 0. The predicted molar refractivity (Wildman–Crippen MR) is 34.1 cm³/mol. The molecule has 1 aromatic rings. The third kappa shape index (κ3) is 1.74. The first-order valence-corrected chi connectivity index (χ1v) is 2.97. The second-order valence-electron chi connectivity index (χ2n) is 1.86. The summed E-state index contributed by atoms with van der Waals surface area (Å²) in [5.74, 6) is -1.42. The van der Waals surface area contributed by atoms with Crippen molar-refractivity contribution in [1.29, 1.82) is 0 Å². The number of aromatic carboxylic acids is 1. The highest BCUT2D eigenvalue weighted by Crippen LogP contribution is 1.88. The Labute approximate surface area is 62.1 Å². The van der Waals surface area contributed by atoms with Crippen LogP contribution >= 0.6 is 0 Å². The number of aliphatic hydroxyl groups excluding tert-OH is 1. The van der Waals surface area contributed by atoms with Crippen LogP contribution in [0.15, 0.2) is 6.33 Å². The fourth-order valence-electron chi connectivity index (χ4n) is 0.603. The molecule has 6 heteroatoms. The van der Waals surface area contributed by atoms with Crippen LogP contribution in [0.1, 0.15) is 10.6 Å². The van der Waals surface area contributed by atoms with Gasteiger partial charge >= 0.3 is 5.97 Å². The van der Waals surface area contributed by atoms with Gasteiger partial charge in [0.15, 0.2) is 0 Å². The third-order valence-corrected chi connectivity index (χ3v) is 1.06. The fourth-order valence-corrected chi connectivity index (χ4v) is 0.603. The lowest BCUT2D eigenvalue weighted by Crippen LogP contribution is -2.05. The Morgan fingerprint density at radius 1 is 1.73 bits per heavy atom. The van der Waals surface area contributed by atoms with Crippen molar-refractivity contribution in [3.8, 4) is 0 Å². The average molecular weight is 157 g/mol. The smallest absolute Gasteiger partial charge is 0.375 e. The molecule has 0 unspecified atom stereocenters. The molecule has 60 valence electrons. The van der Waals surface area contributed by atoms with Gasteiger partial charge in [0.2, 0.25) is 0 Å². The first kappa shape index (κ1) is 7.67. The topological polar surface area (TPSA) is 88.2 Å². The summed E-state index contributed by atoms with van der Waals surface area (Å²) in [4.78, 5) is 13.7. The Hall–Kier alpha value is -1.43. The molecular weight excluding hydrogens is 150 g/mol. The van der Waals surface area contributed by atoms with Crippen molar-refractivity contribution in [1.82, 2.24) is 14.8 Å². The van der Waals surface area contributed by atoms with Gasteiger partial charge in [0.25, 0.3) is 5.82 Å². The number of hydrogen-bond donors (Lipinski definition) is 2. The van der Waals surface area contributed by atoms with Crippen LogP contribution in [0.3, 0.4) is 0 Å². The van der Waals surface area contributed by atoms with Crippen LogP contribution in [0, 0.1) is 0 Å². The van der Waals surface area contributed by atoms with Crippen LogP contribution in [0.5, 0.6) is 0 Å². The van der Waals surface area contributed by atoms with Gasteiger partial charge in [0.05, 0.1) is 13.2 Å². The lowest BCUT2D eigenvalue weighted by molar-refractivity contribution is 0.0683. The Kier molecular flexibility index (Phi) is 2.17. The zero-order valence-electron chi connectivity index (χ0n) is 5.64. The van der Waals surface area contributed by atoms with Gasteiger partial charge in [-0.3, -0.25) is 0 Å². The normalized spacial score (nSPS) is 9.91. The van der Waals surface area contributed by atoms with Crippen molar-refractivity contribution in [3.63, 3.8) is 0 Å². The minimum absolute atomic E-state index is 0.0809. The van der Waals surface area contributed by atoms with Crippen LogP contribution < -0.4 is 0 Å². The van der Waals surface area contributed by atoms with Gasteiger partial charge in [-0.1, -0.05) is 0 Å². The summed E-state index contributed by atoms with van der Waals surface area (Å²) >= 11 is 0. The van der Waals surface area contributed by atoms with Crippen molar-refractivity contribution in [2.45, 2.75) is 6.54 Å². The van der Waals surface area contributed by atoms with Crippen LogP contribution in [0.25, 0.3) is 0 Å². The molecule has 0 fully saturated rings. The Balaban J connectivity index is 2.73. The highest BCUT2D eigenvalue weighted by Gasteiger charge is 2.07. The van der Waals surface area contributed by atoms with E-state index in [0.717, 1.165) is 0 Å². The third-order valence-electron chi connectivity index (χ3n) is 1.06. The maximum atomic E-state index is 10.2. The van der Waals surface area contributed by atoms with Gasteiger partial charge < -0.3 is 10.2 Å². The number of rotatable bonds is 3. The summed E-state index contributed by atoms with van der Waals surface area (Å²) in [5.41, 5.74) is 0. The molecule has 1 rings (SSSR count). The van der Waals surface area contributed by atoms with E-state index < -0.39 is 5.97 Å². The van der Waals surface area contributed by atoms with Crippen molar-refractivity contribution < 1.29 is 15.0 Å². The SMILES string of the molecule is O=C(O)c1ncn(CCO)n1. The maximum absolute atomic E-state index is 10.2. The molecule has 6 nitrogen and oxygen atoms in total. The molecule has 0 bridgehead atoms. The van der Waals surface area contributed by atoms with E-state index in [-0.39, 0.29) is 19.0 Å². The Morgan fingerprint density at radius 2 is 2.45 bits per heavy atom. The van der Waals surface area contributed by atoms with Crippen LogP contribution in [0.2, 0.25) is 0 Å². The zero-order valence-corrected chi connectivity index (χ0v) is 5.64. The summed E-state index contributed by atoms with van der Waals surface area (Å²) in [7, 11) is 0. The van der Waals surface area contributed by atoms with Gasteiger partial charge in [-0.2, -0.15) is 0 Å². The molecule has 0 aromatic carbocycles. The van der Waals surface area contributed by atoms with E-state index in [2.05, 4.69) is 10.1 Å². The van der Waals surface area contributed by atoms with Crippen molar-refractivity contribution in [2.75, 3.05) is 6.61 Å². The molecule has 0 radical (unpaired) electrons. The zero-order chi connectivity index (χ0) is 8.27. The van der Waals surface area contributed by atoms with E-state index in [1.54, 1.807) is 0 Å². The standard InChI is InChI=1S/C5H7N3O3/c9-2-1-8-3-6-4(7-8)5(10)11/h3,9H,1-2H2,(H,10,11). The number of aromatic nitrogens is 3. The molecule has 0 aliphatic rings. The van der Waals surface area contributed by atoms with Gasteiger partial charge in [-0.25, -0.2) is 14.5 Å². The molecule has 0 atom stereocenters. The van der Waals surface area contributed by atoms with Gasteiger partial charge in [0, 0.05) is 0 Å². The molecule has 1 heterocycles. The Morgan fingerprint density at radius 3 is 2.91 bits per heavy atom. The molecule has 0 aliphatic heterocycles. The Bertz CT molecular complexity index is 257. The number of aliphatic hydroxyl groups is 1. The maximum Gasteiger partial charge on any atom is 0.375 e. The summed E-state index contributed by atoms with van der Waals surface area (Å²) < 4.78 is 1.27. The lowest BCUT2D eigenvalue weighted by Gasteiger charge is -1.91. The van der Waals surface area contributed by atoms with E-state index >= 15 is 0 Å². The van der Waals surface area contributed by atoms with Gasteiger partial charge in [-0.05, 0) is 0 Å². The molecule has 0 saturated carbocycles. The molecular formula is C5H7N3O3. The van der Waals surface area contributed by atoms with E-state index in [1.807, 2.05) is 0 Å². The summed E-state index contributed by atoms with van der Waals surface area (Å²) in [6.45, 7) is 0.183. The second-order valence-corrected chi connectivity index (χ2v) is 1.86. The van der Waals surface area contributed by atoms with E-state index in [9.17, 15) is 4.79 Å². The molecule has 0 saturated heterocycles. The summed E-state index contributed by atoms with van der Waals surface area (Å²) in [6.07, 6.45) is 1.26. The molecule has 0 spiro atoms. The number of carboxylic acid groups (broad SMARTS) is 1. The van der Waals surface area contributed by atoms with E-state index in [0.29, 0.717) is 0 Å². The summed E-state index contributed by atoms with van der Waals surface area (Å²) in [5, 5.41) is 20.3. The quantitative estimate of drug-likeness (QED) is 0.585. The largest absolute Gasteiger partial charge is 0.475 e. The van der Waals surface area contributed by atoms with Crippen LogP contribution in [-0.4, -0.2) is 37.6 Å². The fraction of sp³-hybridized carbons (Fsp3) is 0.400. The van der Waals surface area contributed by atoms with Gasteiger partial charge in [-0.15, -0.1) is 5.10 Å². The first-order valence-electron chi connectivity index (χ1n) is 2.97. The van der Waals surface area contributed by atoms with Crippen LogP contribution in [-0.2, 0) is 6.54 Å². The highest BCUT2D eigenvalue weighted by atomic mass is 16.4. The van der Waals surface area contributed by atoms with Crippen molar-refractivity contribution in [3.05, 3.63) is 12.2 Å². The van der Waals surface area contributed by atoms with Gasteiger partial charge in [0.1, 0.15) is 6.33 Å². The van der Waals surface area contributed by atoms with Crippen LogP contribution in [0.4, 0.5) is 0 Å². The molecule has 0 aliphatic carbocycles. The second kappa shape index (κ2) is 3.11. The van der Waals surface area contributed by atoms with E-state index in [1.165, 1.54) is 11.0 Å². The minimum atomic E-state index is -1.17. The number of carboxylic acids is 1. The predicted octanol–water partition coefficient (Wildman–Crippen LogP) is -1.03. The number of hydrogen-bond acceptors (Lipinski definition) is 4. The minimum Gasteiger partial charge on any atom is -0.475 e. The lowest BCUT2D eigenvalue weighted by atomic mass is 10.7. The molecule has 11 heavy (non-hydrogen) atoms.